The highest BCUT2D eigenvalue weighted by Gasteiger charge is 2.27. The second kappa shape index (κ2) is 5.44. The van der Waals surface area contributed by atoms with Crippen LogP contribution in [0.1, 0.15) is 52.4 Å². The van der Waals surface area contributed by atoms with Gasteiger partial charge in [-0.05, 0) is 31.4 Å². The highest BCUT2D eigenvalue weighted by molar-refractivity contribution is 5.07. The quantitative estimate of drug-likeness (QED) is 0.671. The molecule has 0 amide bonds. The summed E-state index contributed by atoms with van der Waals surface area (Å²) in [5.41, 5.74) is -0.155. The van der Waals surface area contributed by atoms with Crippen LogP contribution in [-0.4, -0.2) is 5.66 Å². The fraction of sp³-hybridized carbons (Fsp3) is 0.600. The number of unbranched alkanes of at least 4 members (excludes halogenated alkanes) is 3. The van der Waals surface area contributed by atoms with Crippen LogP contribution in [0.15, 0.2) is 34.3 Å². The number of fused-ring (bicyclic) bond motifs is 1. The standard InChI is InChI=1S/C15H22N2/c1-3-5-6-9-12-15(4-2)16-13-10-7-8-11-14(13)17-15/h7-8,10-11H,3-6,9,12H2,1-2H3. The Hall–Kier alpha value is -1.18. The summed E-state index contributed by atoms with van der Waals surface area (Å²) in [6.45, 7) is 4.44. The molecule has 92 valence electrons. The van der Waals surface area contributed by atoms with Crippen molar-refractivity contribution in [3.63, 3.8) is 0 Å². The Morgan fingerprint density at radius 3 is 2.12 bits per heavy atom. The van der Waals surface area contributed by atoms with Crippen LogP contribution in [0.25, 0.3) is 0 Å². The van der Waals surface area contributed by atoms with Crippen LogP contribution in [0.3, 0.4) is 0 Å². The highest BCUT2D eigenvalue weighted by atomic mass is 15.1. The van der Waals surface area contributed by atoms with Crippen LogP contribution < -0.4 is 10.7 Å². The molecule has 0 N–H and O–H groups in total. The molecular formula is C15H22N2. The van der Waals surface area contributed by atoms with Crippen LogP contribution in [0.2, 0.25) is 0 Å². The summed E-state index contributed by atoms with van der Waals surface area (Å²) in [6, 6.07) is 8.23. The lowest BCUT2D eigenvalue weighted by atomic mass is 10.00. The molecule has 0 aliphatic carbocycles. The topological polar surface area (TPSA) is 24.7 Å². The number of hydrogen-bond donors (Lipinski definition) is 0. The van der Waals surface area contributed by atoms with Crippen molar-refractivity contribution in [2.75, 3.05) is 0 Å². The third-order valence-electron chi connectivity index (χ3n) is 3.54. The Balaban J connectivity index is 2.10. The minimum Gasteiger partial charge on any atom is -0.253 e. The first-order valence-corrected chi connectivity index (χ1v) is 6.84. The van der Waals surface area contributed by atoms with E-state index in [0.717, 1.165) is 23.6 Å². The van der Waals surface area contributed by atoms with E-state index in [-0.39, 0.29) is 5.66 Å². The maximum absolute atomic E-state index is 4.83. The lowest BCUT2D eigenvalue weighted by Gasteiger charge is -2.21. The summed E-state index contributed by atoms with van der Waals surface area (Å²) in [5, 5.41) is 2.15. The van der Waals surface area contributed by atoms with Crippen molar-refractivity contribution in [1.82, 2.24) is 0 Å². The normalized spacial score (nSPS) is 16.1. The first kappa shape index (κ1) is 12.3. The highest BCUT2D eigenvalue weighted by Crippen LogP contribution is 2.25. The molecule has 0 spiro atoms. The molecule has 0 atom stereocenters. The molecule has 0 fully saturated rings. The zero-order valence-electron chi connectivity index (χ0n) is 10.9. The summed E-state index contributed by atoms with van der Waals surface area (Å²) in [7, 11) is 0. The van der Waals surface area contributed by atoms with Crippen molar-refractivity contribution < 1.29 is 0 Å². The van der Waals surface area contributed by atoms with Crippen molar-refractivity contribution >= 4 is 0 Å². The van der Waals surface area contributed by atoms with E-state index in [1.54, 1.807) is 0 Å². The van der Waals surface area contributed by atoms with Gasteiger partial charge in [0.1, 0.15) is 0 Å². The minimum atomic E-state index is -0.155. The molecule has 2 nitrogen and oxygen atoms in total. The van der Waals surface area contributed by atoms with Crippen LogP contribution in [0, 0.1) is 0 Å². The van der Waals surface area contributed by atoms with Crippen molar-refractivity contribution in [3.05, 3.63) is 35.0 Å². The van der Waals surface area contributed by atoms with E-state index in [2.05, 4.69) is 26.0 Å². The van der Waals surface area contributed by atoms with Gasteiger partial charge in [0.05, 0.1) is 10.7 Å². The zero-order chi connectivity index (χ0) is 12.1. The molecule has 0 saturated heterocycles. The zero-order valence-corrected chi connectivity index (χ0v) is 10.9. The van der Waals surface area contributed by atoms with Gasteiger partial charge in [0.2, 0.25) is 0 Å². The van der Waals surface area contributed by atoms with Crippen molar-refractivity contribution in [1.29, 1.82) is 0 Å². The minimum absolute atomic E-state index is 0.155. The number of hydrogen-bond acceptors (Lipinski definition) is 2. The third-order valence-corrected chi connectivity index (χ3v) is 3.54. The Morgan fingerprint density at radius 2 is 1.59 bits per heavy atom. The SMILES string of the molecule is CCCCCCC1(CC)N=c2ccccc2=N1. The van der Waals surface area contributed by atoms with Gasteiger partial charge in [0.25, 0.3) is 0 Å². The summed E-state index contributed by atoms with van der Waals surface area (Å²) in [5.74, 6) is 0. The maximum Gasteiger partial charge on any atom is 0.151 e. The molecule has 0 saturated carbocycles. The lowest BCUT2D eigenvalue weighted by molar-refractivity contribution is 0.379. The fourth-order valence-corrected chi connectivity index (χ4v) is 2.41. The lowest BCUT2D eigenvalue weighted by Crippen LogP contribution is -2.21. The summed E-state index contributed by atoms with van der Waals surface area (Å²) in [6.07, 6.45) is 7.26. The second-order valence-corrected chi connectivity index (χ2v) is 4.86. The number of para-hydroxylation sites is 2. The molecule has 0 bridgehead atoms. The predicted octanol–water partition coefficient (Wildman–Crippen LogP) is 3.02. The van der Waals surface area contributed by atoms with Crippen molar-refractivity contribution in [3.8, 4) is 0 Å². The number of nitrogens with zero attached hydrogens (tertiary/aromatic N) is 2. The molecule has 0 unspecified atom stereocenters. The van der Waals surface area contributed by atoms with E-state index >= 15 is 0 Å². The predicted molar refractivity (Wildman–Crippen MR) is 70.5 cm³/mol. The molecule has 17 heavy (non-hydrogen) atoms. The van der Waals surface area contributed by atoms with Gasteiger partial charge in [-0.2, -0.15) is 0 Å². The van der Waals surface area contributed by atoms with Gasteiger partial charge >= 0.3 is 0 Å². The molecule has 1 aliphatic rings. The molecule has 0 radical (unpaired) electrons. The molecule has 1 heterocycles. The van der Waals surface area contributed by atoms with Gasteiger partial charge in [0, 0.05) is 0 Å². The first-order valence-electron chi connectivity index (χ1n) is 6.84. The molecule has 1 aromatic carbocycles. The fourth-order valence-electron chi connectivity index (χ4n) is 2.41. The average Bonchev–Trinajstić information content (AvgIpc) is 2.74. The van der Waals surface area contributed by atoms with E-state index in [1.807, 2.05) is 12.1 Å². The van der Waals surface area contributed by atoms with Crippen LogP contribution in [-0.2, 0) is 0 Å². The molecule has 0 aromatic heterocycles. The largest absolute Gasteiger partial charge is 0.253 e. The molecule has 2 rings (SSSR count). The van der Waals surface area contributed by atoms with Gasteiger partial charge in [0.15, 0.2) is 5.66 Å². The number of rotatable bonds is 6. The smallest absolute Gasteiger partial charge is 0.151 e. The van der Waals surface area contributed by atoms with Gasteiger partial charge in [-0.3, -0.25) is 9.98 Å². The van der Waals surface area contributed by atoms with E-state index in [0.29, 0.717) is 0 Å². The monoisotopic (exact) mass is 230 g/mol. The average molecular weight is 230 g/mol. The van der Waals surface area contributed by atoms with Crippen LogP contribution >= 0.6 is 0 Å². The van der Waals surface area contributed by atoms with E-state index in [1.165, 1.54) is 25.7 Å². The van der Waals surface area contributed by atoms with Crippen LogP contribution in [0.4, 0.5) is 0 Å². The Bertz CT molecular complexity index is 441. The van der Waals surface area contributed by atoms with Gasteiger partial charge in [-0.1, -0.05) is 45.2 Å². The van der Waals surface area contributed by atoms with Crippen LogP contribution in [0.5, 0.6) is 0 Å². The Kier molecular flexibility index (Phi) is 3.93. The number of benzene rings is 1. The van der Waals surface area contributed by atoms with Gasteiger partial charge < -0.3 is 0 Å². The summed E-state index contributed by atoms with van der Waals surface area (Å²) >= 11 is 0. The van der Waals surface area contributed by atoms with Crippen molar-refractivity contribution in [2.24, 2.45) is 9.98 Å². The third kappa shape index (κ3) is 2.74. The summed E-state index contributed by atoms with van der Waals surface area (Å²) < 4.78 is 0. The van der Waals surface area contributed by atoms with E-state index in [9.17, 15) is 0 Å². The first-order chi connectivity index (χ1) is 8.29. The van der Waals surface area contributed by atoms with E-state index < -0.39 is 0 Å². The van der Waals surface area contributed by atoms with Crippen molar-refractivity contribution in [2.45, 2.75) is 58.0 Å². The van der Waals surface area contributed by atoms with Gasteiger partial charge in [-0.25, -0.2) is 0 Å². The molecular weight excluding hydrogens is 208 g/mol. The second-order valence-electron chi connectivity index (χ2n) is 4.86. The molecule has 1 aliphatic heterocycles. The maximum atomic E-state index is 4.83. The Morgan fingerprint density at radius 1 is 0.941 bits per heavy atom. The molecule has 1 aromatic rings. The van der Waals surface area contributed by atoms with E-state index in [4.69, 9.17) is 9.98 Å². The molecule has 2 heteroatoms. The Labute approximate surface area is 104 Å². The summed E-state index contributed by atoms with van der Waals surface area (Å²) in [4.78, 5) is 9.67. The van der Waals surface area contributed by atoms with Gasteiger partial charge in [-0.15, -0.1) is 0 Å².